The van der Waals surface area contributed by atoms with Crippen molar-refractivity contribution in [3.05, 3.63) is 0 Å². The van der Waals surface area contributed by atoms with Gasteiger partial charge in [-0.05, 0) is 45.8 Å². The Morgan fingerprint density at radius 3 is 2.90 bits per heavy atom. The Kier molecular flexibility index (Phi) is 8.22. The number of likely N-dealkylation sites (tertiary alicyclic amines) is 1. The first-order chi connectivity index (χ1) is 9.65. The van der Waals surface area contributed by atoms with Gasteiger partial charge in [0.25, 0.3) is 0 Å². The molecule has 1 heterocycles. The van der Waals surface area contributed by atoms with Gasteiger partial charge >= 0.3 is 5.97 Å². The standard InChI is InChI=1S/C14H27N3O3/c1-3-20-14(19)5-4-7-16-13(18)11-17-8-6-12(10-17)9-15-2/h12,15H,3-11H2,1-2H3,(H,16,18). The van der Waals surface area contributed by atoms with E-state index in [-0.39, 0.29) is 11.9 Å². The molecule has 1 fully saturated rings. The highest BCUT2D eigenvalue weighted by molar-refractivity contribution is 5.78. The van der Waals surface area contributed by atoms with E-state index in [2.05, 4.69) is 15.5 Å². The Balaban J connectivity index is 2.05. The molecule has 1 saturated heterocycles. The lowest BCUT2D eigenvalue weighted by Crippen LogP contribution is -2.37. The molecule has 1 atom stereocenters. The van der Waals surface area contributed by atoms with Gasteiger partial charge in [0.15, 0.2) is 0 Å². The minimum atomic E-state index is -0.198. The van der Waals surface area contributed by atoms with E-state index >= 15 is 0 Å². The zero-order chi connectivity index (χ0) is 14.8. The first-order valence-electron chi connectivity index (χ1n) is 7.45. The van der Waals surface area contributed by atoms with Crippen LogP contribution in [-0.4, -0.2) is 63.2 Å². The summed E-state index contributed by atoms with van der Waals surface area (Å²) >= 11 is 0. The van der Waals surface area contributed by atoms with Crippen molar-refractivity contribution in [3.8, 4) is 0 Å². The van der Waals surface area contributed by atoms with Crippen molar-refractivity contribution in [3.63, 3.8) is 0 Å². The van der Waals surface area contributed by atoms with Crippen LogP contribution in [0.15, 0.2) is 0 Å². The number of carbonyl (C=O) groups is 2. The van der Waals surface area contributed by atoms with E-state index in [1.54, 1.807) is 6.92 Å². The Bertz CT molecular complexity index is 310. The lowest BCUT2D eigenvalue weighted by atomic mass is 10.1. The average Bonchev–Trinajstić information content (AvgIpc) is 2.83. The van der Waals surface area contributed by atoms with Gasteiger partial charge in [0.2, 0.25) is 5.91 Å². The number of hydrogen-bond donors (Lipinski definition) is 2. The van der Waals surface area contributed by atoms with Crippen molar-refractivity contribution in [2.45, 2.75) is 26.2 Å². The molecule has 0 saturated carbocycles. The highest BCUT2D eigenvalue weighted by atomic mass is 16.5. The number of rotatable bonds is 9. The predicted octanol–water partition coefficient (Wildman–Crippen LogP) is -0.0128. The molecule has 0 aliphatic carbocycles. The van der Waals surface area contributed by atoms with Crippen LogP contribution in [0.3, 0.4) is 0 Å². The van der Waals surface area contributed by atoms with Crippen molar-refractivity contribution in [2.24, 2.45) is 5.92 Å². The minimum absolute atomic E-state index is 0.0407. The maximum Gasteiger partial charge on any atom is 0.305 e. The summed E-state index contributed by atoms with van der Waals surface area (Å²) < 4.78 is 4.83. The van der Waals surface area contributed by atoms with Crippen LogP contribution in [-0.2, 0) is 14.3 Å². The molecule has 6 nitrogen and oxygen atoms in total. The van der Waals surface area contributed by atoms with Gasteiger partial charge in [-0.15, -0.1) is 0 Å². The molecule has 1 amide bonds. The molecule has 2 N–H and O–H groups in total. The van der Waals surface area contributed by atoms with Gasteiger partial charge in [-0.3, -0.25) is 14.5 Å². The summed E-state index contributed by atoms with van der Waals surface area (Å²) in [5, 5.41) is 6.03. The molecular formula is C14H27N3O3. The Morgan fingerprint density at radius 1 is 1.40 bits per heavy atom. The maximum absolute atomic E-state index is 11.7. The molecule has 0 radical (unpaired) electrons. The van der Waals surface area contributed by atoms with E-state index in [1.807, 2.05) is 7.05 Å². The van der Waals surface area contributed by atoms with E-state index in [0.29, 0.717) is 38.5 Å². The van der Waals surface area contributed by atoms with E-state index < -0.39 is 0 Å². The van der Waals surface area contributed by atoms with E-state index in [4.69, 9.17) is 4.74 Å². The fourth-order valence-corrected chi connectivity index (χ4v) is 2.46. The zero-order valence-corrected chi connectivity index (χ0v) is 12.6. The molecule has 0 aromatic heterocycles. The number of amides is 1. The molecule has 0 spiro atoms. The maximum atomic E-state index is 11.7. The summed E-state index contributed by atoms with van der Waals surface area (Å²) in [7, 11) is 1.96. The monoisotopic (exact) mass is 285 g/mol. The minimum Gasteiger partial charge on any atom is -0.466 e. The lowest BCUT2D eigenvalue weighted by Gasteiger charge is -2.15. The van der Waals surface area contributed by atoms with E-state index in [0.717, 1.165) is 26.1 Å². The van der Waals surface area contributed by atoms with Crippen LogP contribution in [0.1, 0.15) is 26.2 Å². The topological polar surface area (TPSA) is 70.7 Å². The van der Waals surface area contributed by atoms with Crippen molar-refractivity contribution in [1.29, 1.82) is 0 Å². The molecule has 0 aromatic rings. The molecular weight excluding hydrogens is 258 g/mol. The molecule has 6 heteroatoms. The molecule has 1 aliphatic heterocycles. The van der Waals surface area contributed by atoms with Crippen LogP contribution >= 0.6 is 0 Å². The third-order valence-corrected chi connectivity index (χ3v) is 3.42. The SMILES string of the molecule is CCOC(=O)CCCNC(=O)CN1CCC(CNC)C1. The molecule has 1 rings (SSSR count). The largest absolute Gasteiger partial charge is 0.466 e. The van der Waals surface area contributed by atoms with Gasteiger partial charge in [0.1, 0.15) is 0 Å². The predicted molar refractivity (Wildman–Crippen MR) is 77.4 cm³/mol. The summed E-state index contributed by atoms with van der Waals surface area (Å²) in [4.78, 5) is 25.0. The summed E-state index contributed by atoms with van der Waals surface area (Å²) in [6.45, 7) is 6.17. The number of hydrogen-bond acceptors (Lipinski definition) is 5. The number of nitrogens with one attached hydrogen (secondary N) is 2. The molecule has 1 unspecified atom stereocenters. The van der Waals surface area contributed by atoms with Crippen LogP contribution in [0.2, 0.25) is 0 Å². The van der Waals surface area contributed by atoms with Crippen molar-refractivity contribution < 1.29 is 14.3 Å². The van der Waals surface area contributed by atoms with Crippen LogP contribution in [0.5, 0.6) is 0 Å². The quantitative estimate of drug-likeness (QED) is 0.460. The van der Waals surface area contributed by atoms with Gasteiger partial charge in [-0.1, -0.05) is 0 Å². The summed E-state index contributed by atoms with van der Waals surface area (Å²) in [5.41, 5.74) is 0. The lowest BCUT2D eigenvalue weighted by molar-refractivity contribution is -0.143. The highest BCUT2D eigenvalue weighted by Crippen LogP contribution is 2.14. The van der Waals surface area contributed by atoms with Gasteiger partial charge < -0.3 is 15.4 Å². The van der Waals surface area contributed by atoms with Gasteiger partial charge in [-0.2, -0.15) is 0 Å². The number of carbonyl (C=O) groups excluding carboxylic acids is 2. The molecule has 0 bridgehead atoms. The molecule has 116 valence electrons. The zero-order valence-electron chi connectivity index (χ0n) is 12.6. The van der Waals surface area contributed by atoms with Crippen LogP contribution in [0.25, 0.3) is 0 Å². The van der Waals surface area contributed by atoms with Crippen LogP contribution in [0.4, 0.5) is 0 Å². The number of nitrogens with zero attached hydrogens (tertiary/aromatic N) is 1. The molecule has 1 aliphatic rings. The second kappa shape index (κ2) is 9.72. The van der Waals surface area contributed by atoms with E-state index in [1.165, 1.54) is 0 Å². The summed E-state index contributed by atoms with van der Waals surface area (Å²) in [5.74, 6) is 0.492. The van der Waals surface area contributed by atoms with E-state index in [9.17, 15) is 9.59 Å². The van der Waals surface area contributed by atoms with Crippen LogP contribution in [0, 0.1) is 5.92 Å². The Hall–Kier alpha value is -1.14. The number of ether oxygens (including phenoxy) is 1. The highest BCUT2D eigenvalue weighted by Gasteiger charge is 2.23. The van der Waals surface area contributed by atoms with Crippen molar-refractivity contribution in [2.75, 3.05) is 46.4 Å². The fraction of sp³-hybridized carbons (Fsp3) is 0.857. The average molecular weight is 285 g/mol. The number of esters is 1. The summed E-state index contributed by atoms with van der Waals surface area (Å²) in [6, 6.07) is 0. The second-order valence-electron chi connectivity index (χ2n) is 5.21. The fourth-order valence-electron chi connectivity index (χ4n) is 2.46. The summed E-state index contributed by atoms with van der Waals surface area (Å²) in [6.07, 6.45) is 2.14. The van der Waals surface area contributed by atoms with Crippen molar-refractivity contribution in [1.82, 2.24) is 15.5 Å². The smallest absolute Gasteiger partial charge is 0.305 e. The van der Waals surface area contributed by atoms with Crippen LogP contribution < -0.4 is 10.6 Å². The third kappa shape index (κ3) is 6.86. The Labute approximate surface area is 121 Å². The van der Waals surface area contributed by atoms with Gasteiger partial charge in [0.05, 0.1) is 13.2 Å². The Morgan fingerprint density at radius 2 is 2.20 bits per heavy atom. The van der Waals surface area contributed by atoms with Crippen molar-refractivity contribution >= 4 is 11.9 Å². The molecule has 0 aromatic carbocycles. The normalized spacial score (nSPS) is 19.0. The van der Waals surface area contributed by atoms with Gasteiger partial charge in [-0.25, -0.2) is 0 Å². The first-order valence-corrected chi connectivity index (χ1v) is 7.45. The first kappa shape index (κ1) is 16.9. The van der Waals surface area contributed by atoms with Gasteiger partial charge in [0, 0.05) is 19.5 Å². The second-order valence-corrected chi connectivity index (χ2v) is 5.21. The third-order valence-electron chi connectivity index (χ3n) is 3.42. The molecule has 20 heavy (non-hydrogen) atoms.